The van der Waals surface area contributed by atoms with Crippen molar-refractivity contribution in [1.29, 1.82) is 0 Å². The number of nitro benzene ring substituents is 1. The highest BCUT2D eigenvalue weighted by Crippen LogP contribution is 2.32. The van der Waals surface area contributed by atoms with Crippen LogP contribution in [0.5, 0.6) is 0 Å². The molecule has 0 aliphatic carbocycles. The quantitative estimate of drug-likeness (QED) is 0.262. The van der Waals surface area contributed by atoms with E-state index in [-0.39, 0.29) is 6.54 Å². The average Bonchev–Trinajstić information content (AvgIpc) is 2.41. The lowest BCUT2D eigenvalue weighted by Crippen LogP contribution is -2.28. The fourth-order valence-electron chi connectivity index (χ4n) is 1.42. The lowest BCUT2D eigenvalue weighted by molar-refractivity contribution is -0.729. The monoisotopic (exact) mass is 369 g/mol. The van der Waals surface area contributed by atoms with Crippen LogP contribution in [0.25, 0.3) is 0 Å². The van der Waals surface area contributed by atoms with Crippen LogP contribution in [-0.2, 0) is 9.09 Å². The van der Waals surface area contributed by atoms with E-state index in [1.54, 1.807) is 0 Å². The lowest BCUT2D eigenvalue weighted by atomic mass is 10.1. The third-order valence-electron chi connectivity index (χ3n) is 2.34. The summed E-state index contributed by atoms with van der Waals surface area (Å²) >= 11 is 5.69. The van der Waals surface area contributed by atoms with Gasteiger partial charge in [-0.15, -0.1) is 0 Å². The van der Waals surface area contributed by atoms with Crippen LogP contribution < -0.4 is 10.2 Å². The molecule has 0 saturated carbocycles. The van der Waals surface area contributed by atoms with Gasteiger partial charge in [-0.3, -0.25) is 19.5 Å². The van der Waals surface area contributed by atoms with Crippen LogP contribution in [0.3, 0.4) is 0 Å². The van der Waals surface area contributed by atoms with Crippen molar-refractivity contribution in [2.24, 2.45) is 0 Å². The van der Waals surface area contributed by atoms with Gasteiger partial charge < -0.3 is 19.6 Å². The van der Waals surface area contributed by atoms with E-state index < -0.39 is 52.1 Å². The summed E-state index contributed by atoms with van der Waals surface area (Å²) in [6.45, 7) is -0.990. The number of phosphoric acid groups is 1. The smallest absolute Gasteiger partial charge is 0.324 e. The Labute approximate surface area is 132 Å². The number of nitro groups is 1. The Bertz CT molecular complexity index is 704. The van der Waals surface area contributed by atoms with E-state index in [0.29, 0.717) is 6.07 Å². The molecule has 1 atom stereocenters. The predicted octanol–water partition coefficient (Wildman–Crippen LogP) is 0.255. The highest BCUT2D eigenvalue weighted by molar-refractivity contribution is 7.44. The Morgan fingerprint density at radius 3 is 2.52 bits per heavy atom. The molecule has 23 heavy (non-hydrogen) atoms. The van der Waals surface area contributed by atoms with Gasteiger partial charge in [-0.05, 0) is 0 Å². The number of amides is 1. The molecule has 1 amide bonds. The van der Waals surface area contributed by atoms with Gasteiger partial charge in [0.05, 0.1) is 28.1 Å². The summed E-state index contributed by atoms with van der Waals surface area (Å²) in [6.07, 6.45) is 0. The molecule has 0 aliphatic heterocycles. The largest absolute Gasteiger partial charge is 0.756 e. The number of carbonyl (C=O) groups is 1. The maximum atomic E-state index is 11.9. The van der Waals surface area contributed by atoms with E-state index in [0.717, 1.165) is 6.07 Å². The second kappa shape index (κ2) is 7.44. The molecule has 0 aromatic heterocycles. The van der Waals surface area contributed by atoms with Crippen LogP contribution in [0.15, 0.2) is 12.1 Å². The Morgan fingerprint density at radius 2 is 2.04 bits per heavy atom. The van der Waals surface area contributed by atoms with Crippen LogP contribution >= 0.6 is 19.4 Å². The molecule has 0 radical (unpaired) electrons. The number of halogens is 1. The first-order chi connectivity index (χ1) is 10.5. The third-order valence-corrected chi connectivity index (χ3v) is 3.25. The van der Waals surface area contributed by atoms with Crippen molar-refractivity contribution in [3.05, 3.63) is 37.7 Å². The highest BCUT2D eigenvalue weighted by atomic mass is 35.5. The molecule has 0 bridgehead atoms. The third kappa shape index (κ3) is 5.54. The first-order valence-electron chi connectivity index (χ1n) is 5.63. The van der Waals surface area contributed by atoms with Crippen molar-refractivity contribution < 1.29 is 38.7 Å². The first-order valence-corrected chi connectivity index (χ1v) is 7.51. The Kier molecular flexibility index (Phi) is 6.12. The number of benzene rings is 1. The minimum Gasteiger partial charge on any atom is -0.756 e. The number of carbonyl (C=O) groups excluding carboxylic acids is 1. The molecule has 0 aliphatic rings. The molecule has 14 heteroatoms. The van der Waals surface area contributed by atoms with Gasteiger partial charge >= 0.3 is 5.69 Å². The fourth-order valence-corrected chi connectivity index (χ4v) is 2.01. The summed E-state index contributed by atoms with van der Waals surface area (Å²) < 4.78 is 14.3. The van der Waals surface area contributed by atoms with E-state index in [2.05, 4.69) is 9.84 Å². The van der Waals surface area contributed by atoms with Gasteiger partial charge in [-0.25, -0.2) is 5.21 Å². The van der Waals surface area contributed by atoms with E-state index in [1.165, 1.54) is 0 Å². The Hall–Kier alpha value is -2.11. The molecule has 0 heterocycles. The Morgan fingerprint density at radius 1 is 1.43 bits per heavy atom. The van der Waals surface area contributed by atoms with Gasteiger partial charge in [0.25, 0.3) is 24.3 Å². The van der Waals surface area contributed by atoms with Crippen LogP contribution in [0, 0.1) is 15.0 Å². The van der Waals surface area contributed by atoms with Crippen molar-refractivity contribution in [2.45, 2.75) is 0 Å². The van der Waals surface area contributed by atoms with Crippen molar-refractivity contribution in [3.63, 3.8) is 0 Å². The summed E-state index contributed by atoms with van der Waals surface area (Å²) in [6, 6.07) is 1.46. The maximum Gasteiger partial charge on any atom is 0.324 e. The molecule has 126 valence electrons. The summed E-state index contributed by atoms with van der Waals surface area (Å²) in [7, 11) is -4.95. The molecule has 0 spiro atoms. The minimum absolute atomic E-state index is 0.389. The molecular formula is C9H9ClN3O9P. The summed E-state index contributed by atoms with van der Waals surface area (Å²) in [5.74, 6) is -0.996. The molecule has 1 rings (SSSR count). The van der Waals surface area contributed by atoms with Crippen molar-refractivity contribution in [3.8, 4) is 0 Å². The van der Waals surface area contributed by atoms with Gasteiger partial charge in [0.15, 0.2) is 0 Å². The zero-order valence-electron chi connectivity index (χ0n) is 11.0. The van der Waals surface area contributed by atoms with Gasteiger partial charge in [-0.1, -0.05) is 11.6 Å². The molecule has 0 fully saturated rings. The van der Waals surface area contributed by atoms with Crippen molar-refractivity contribution in [1.82, 2.24) is 5.32 Å². The SMILES string of the molecule is O=C(NCCOP(=O)([O-])O)c1cc([N+](=O)O)cc([N+](=O)[O-])c1Cl. The second-order valence-corrected chi connectivity index (χ2v) is 5.49. The summed E-state index contributed by atoms with van der Waals surface area (Å²) in [5, 5.41) is 21.1. The topological polar surface area (TPSA) is 182 Å². The van der Waals surface area contributed by atoms with Crippen LogP contribution in [0.2, 0.25) is 5.02 Å². The van der Waals surface area contributed by atoms with E-state index in [1.807, 2.05) is 0 Å². The van der Waals surface area contributed by atoms with Crippen molar-refractivity contribution >= 4 is 36.7 Å². The predicted molar refractivity (Wildman–Crippen MR) is 71.3 cm³/mol. The van der Waals surface area contributed by atoms with Crippen LogP contribution in [-0.4, -0.2) is 39.0 Å². The van der Waals surface area contributed by atoms with E-state index in [4.69, 9.17) is 21.7 Å². The van der Waals surface area contributed by atoms with Crippen molar-refractivity contribution in [2.75, 3.05) is 13.2 Å². The molecular weight excluding hydrogens is 361 g/mol. The maximum absolute atomic E-state index is 11.9. The minimum atomic E-state index is -4.95. The van der Waals surface area contributed by atoms with Gasteiger partial charge in [-0.2, -0.15) is 0 Å². The normalized spacial score (nSPS) is 13.2. The summed E-state index contributed by atoms with van der Waals surface area (Å²) in [5.41, 5.74) is -1.90. The van der Waals surface area contributed by atoms with E-state index in [9.17, 15) is 29.3 Å². The van der Waals surface area contributed by atoms with Gasteiger partial charge in [0.2, 0.25) is 0 Å². The van der Waals surface area contributed by atoms with Crippen LogP contribution in [0.4, 0.5) is 11.4 Å². The van der Waals surface area contributed by atoms with Crippen LogP contribution in [0.1, 0.15) is 10.4 Å². The Balaban J connectivity index is 2.97. The number of nitrogens with one attached hydrogen (secondary N) is 1. The number of hydrogen-bond donors (Lipinski definition) is 3. The number of hydrogen-bond acceptors (Lipinski definition) is 7. The molecule has 12 nitrogen and oxygen atoms in total. The number of nitrogens with zero attached hydrogens (tertiary/aromatic N) is 2. The zero-order chi connectivity index (χ0) is 17.8. The standard InChI is InChI=1S/C9H9ClN3O9P/c10-8-6(9(14)11-1-2-22-23(19,20)21)3-5(12(15)16)4-7(8)13(17)18/h3-4H,1-2H2,(H3-,11,14,15,16,19,20,21). The number of phosphoric ester groups is 1. The molecule has 0 saturated heterocycles. The molecule has 1 aromatic rings. The van der Waals surface area contributed by atoms with E-state index >= 15 is 0 Å². The average molecular weight is 370 g/mol. The van der Waals surface area contributed by atoms with Gasteiger partial charge in [0.1, 0.15) is 5.02 Å². The molecule has 3 N–H and O–H groups in total. The summed E-state index contributed by atoms with van der Waals surface area (Å²) in [4.78, 5) is 50.5. The lowest BCUT2D eigenvalue weighted by Gasteiger charge is -2.15. The highest BCUT2D eigenvalue weighted by Gasteiger charge is 2.28. The molecule has 1 unspecified atom stereocenters. The first kappa shape index (κ1) is 18.9. The van der Waals surface area contributed by atoms with Gasteiger partial charge in [0, 0.05) is 12.6 Å². The zero-order valence-corrected chi connectivity index (χ0v) is 12.7. The second-order valence-electron chi connectivity index (χ2n) is 3.91. The molecule has 1 aromatic carbocycles. The fraction of sp³-hybridized carbons (Fsp3) is 0.222. The number of rotatable bonds is 7.